The van der Waals surface area contributed by atoms with Gasteiger partial charge in [0.1, 0.15) is 0 Å². The number of rotatable bonds is 3. The minimum absolute atomic E-state index is 0.785. The Kier molecular flexibility index (Phi) is 3.99. The van der Waals surface area contributed by atoms with Crippen LogP contribution in [-0.4, -0.2) is 48.2 Å². The molecule has 0 aromatic rings. The highest BCUT2D eigenvalue weighted by Crippen LogP contribution is 2.24. The largest absolute Gasteiger partial charge is 0.298 e. The van der Waals surface area contributed by atoms with Crippen LogP contribution in [0.25, 0.3) is 0 Å². The molecule has 3 fully saturated rings. The lowest BCUT2D eigenvalue weighted by Gasteiger charge is -2.39. The van der Waals surface area contributed by atoms with Gasteiger partial charge in [0.25, 0.3) is 0 Å². The van der Waals surface area contributed by atoms with Crippen LogP contribution in [0.15, 0.2) is 0 Å². The zero-order valence-corrected chi connectivity index (χ0v) is 11.0. The summed E-state index contributed by atoms with van der Waals surface area (Å²) in [6.45, 7) is 5.02. The number of piperazine rings is 1. The van der Waals surface area contributed by atoms with Crippen LogP contribution in [0.2, 0.25) is 0 Å². The maximum atomic E-state index is 3.74. The fourth-order valence-electron chi connectivity index (χ4n) is 3.80. The zero-order valence-electron chi connectivity index (χ0n) is 11.0. The Morgan fingerprint density at radius 2 is 1.29 bits per heavy atom. The predicted octanol–water partition coefficient (Wildman–Crippen LogP) is 1.99. The summed E-state index contributed by atoms with van der Waals surface area (Å²) < 4.78 is 0. The second-order valence-electron chi connectivity index (χ2n) is 6.07. The van der Waals surface area contributed by atoms with Crippen LogP contribution >= 0.6 is 0 Å². The maximum absolute atomic E-state index is 3.74. The predicted molar refractivity (Wildman–Crippen MR) is 70.8 cm³/mol. The topological polar surface area (TPSA) is 18.5 Å². The number of nitrogens with one attached hydrogen (secondary N) is 1. The maximum Gasteiger partial charge on any atom is 0.0259 e. The molecule has 0 atom stereocenters. The molecule has 0 amide bonds. The molecule has 98 valence electrons. The third-order valence-corrected chi connectivity index (χ3v) is 4.88. The third-order valence-electron chi connectivity index (χ3n) is 4.88. The lowest BCUT2D eigenvalue weighted by molar-refractivity contribution is 0.0539. The number of hydrogen-bond acceptors (Lipinski definition) is 3. The second kappa shape index (κ2) is 5.68. The average Bonchev–Trinajstić information content (AvgIpc) is 3.01. The number of nitrogens with zero attached hydrogens (tertiary/aromatic N) is 2. The van der Waals surface area contributed by atoms with E-state index in [1.807, 2.05) is 0 Å². The molecular weight excluding hydrogens is 210 g/mol. The van der Waals surface area contributed by atoms with Crippen molar-refractivity contribution < 1.29 is 0 Å². The smallest absolute Gasteiger partial charge is 0.0259 e. The van der Waals surface area contributed by atoms with E-state index >= 15 is 0 Å². The minimum Gasteiger partial charge on any atom is -0.298 e. The van der Waals surface area contributed by atoms with E-state index in [9.17, 15) is 0 Å². The normalized spacial score (nSPS) is 30.4. The number of hydrazine groups is 1. The summed E-state index contributed by atoms with van der Waals surface area (Å²) in [5.74, 6) is 0. The van der Waals surface area contributed by atoms with Crippen molar-refractivity contribution in [1.29, 1.82) is 0 Å². The monoisotopic (exact) mass is 237 g/mol. The van der Waals surface area contributed by atoms with Gasteiger partial charge in [-0.1, -0.05) is 25.7 Å². The summed E-state index contributed by atoms with van der Waals surface area (Å²) in [7, 11) is 0. The molecule has 2 aliphatic carbocycles. The molecule has 3 aliphatic rings. The van der Waals surface area contributed by atoms with Crippen molar-refractivity contribution in [2.75, 3.05) is 26.2 Å². The van der Waals surface area contributed by atoms with Crippen molar-refractivity contribution >= 4 is 0 Å². The van der Waals surface area contributed by atoms with Gasteiger partial charge in [0.05, 0.1) is 0 Å². The summed E-state index contributed by atoms with van der Waals surface area (Å²) in [5, 5.41) is 2.49. The fourth-order valence-corrected chi connectivity index (χ4v) is 3.80. The van der Waals surface area contributed by atoms with Crippen molar-refractivity contribution in [3.8, 4) is 0 Å². The van der Waals surface area contributed by atoms with Gasteiger partial charge in [-0.25, -0.2) is 5.01 Å². The first-order valence-corrected chi connectivity index (χ1v) is 7.67. The zero-order chi connectivity index (χ0) is 11.5. The van der Waals surface area contributed by atoms with Gasteiger partial charge in [-0.05, 0) is 25.7 Å². The van der Waals surface area contributed by atoms with E-state index in [0.717, 1.165) is 12.1 Å². The highest BCUT2D eigenvalue weighted by Gasteiger charge is 2.27. The summed E-state index contributed by atoms with van der Waals surface area (Å²) in [6, 6.07) is 1.71. The fraction of sp³-hybridized carbons (Fsp3) is 1.00. The van der Waals surface area contributed by atoms with Gasteiger partial charge in [0.15, 0.2) is 0 Å². The Hall–Kier alpha value is -0.120. The van der Waals surface area contributed by atoms with Crippen LogP contribution in [-0.2, 0) is 0 Å². The molecule has 1 aliphatic heterocycles. The SMILES string of the molecule is C1CCC(NN2CCN(C3CCCC3)CC2)C1. The molecule has 3 nitrogen and oxygen atoms in total. The van der Waals surface area contributed by atoms with Crippen molar-refractivity contribution in [3.05, 3.63) is 0 Å². The van der Waals surface area contributed by atoms with Crippen molar-refractivity contribution in [3.63, 3.8) is 0 Å². The average molecular weight is 237 g/mol. The van der Waals surface area contributed by atoms with Crippen LogP contribution in [0.3, 0.4) is 0 Å². The summed E-state index contributed by atoms with van der Waals surface area (Å²) in [6.07, 6.45) is 11.5. The van der Waals surface area contributed by atoms with E-state index in [2.05, 4.69) is 15.3 Å². The third kappa shape index (κ3) is 3.01. The first-order chi connectivity index (χ1) is 8.42. The van der Waals surface area contributed by atoms with Gasteiger partial charge in [0.2, 0.25) is 0 Å². The van der Waals surface area contributed by atoms with Crippen LogP contribution < -0.4 is 5.43 Å². The molecule has 0 spiro atoms. The van der Waals surface area contributed by atoms with Gasteiger partial charge in [-0.3, -0.25) is 10.3 Å². The summed E-state index contributed by atoms with van der Waals surface area (Å²) >= 11 is 0. The molecule has 1 N–H and O–H groups in total. The van der Waals surface area contributed by atoms with Gasteiger partial charge in [0, 0.05) is 38.3 Å². The minimum atomic E-state index is 0.785. The van der Waals surface area contributed by atoms with Crippen molar-refractivity contribution in [1.82, 2.24) is 15.3 Å². The Morgan fingerprint density at radius 1 is 0.706 bits per heavy atom. The molecular formula is C14H27N3. The highest BCUT2D eigenvalue weighted by atomic mass is 15.5. The molecule has 3 heteroatoms. The first kappa shape index (κ1) is 11.9. The van der Waals surface area contributed by atoms with Crippen LogP contribution in [0.1, 0.15) is 51.4 Å². The van der Waals surface area contributed by atoms with Crippen molar-refractivity contribution in [2.24, 2.45) is 0 Å². The van der Waals surface area contributed by atoms with E-state index in [-0.39, 0.29) is 0 Å². The van der Waals surface area contributed by atoms with Gasteiger partial charge < -0.3 is 0 Å². The van der Waals surface area contributed by atoms with E-state index < -0.39 is 0 Å². The molecule has 0 aromatic heterocycles. The van der Waals surface area contributed by atoms with Crippen molar-refractivity contribution in [2.45, 2.75) is 63.5 Å². The number of hydrogen-bond donors (Lipinski definition) is 1. The first-order valence-electron chi connectivity index (χ1n) is 7.67. The molecule has 1 saturated heterocycles. The van der Waals surface area contributed by atoms with E-state index in [1.165, 1.54) is 77.5 Å². The van der Waals surface area contributed by atoms with Gasteiger partial charge in [-0.2, -0.15) is 0 Å². The second-order valence-corrected chi connectivity index (χ2v) is 6.07. The molecule has 0 unspecified atom stereocenters. The highest BCUT2D eigenvalue weighted by molar-refractivity contribution is 4.82. The van der Waals surface area contributed by atoms with E-state index in [4.69, 9.17) is 0 Å². The van der Waals surface area contributed by atoms with Gasteiger partial charge >= 0.3 is 0 Å². The summed E-state index contributed by atoms with van der Waals surface area (Å²) in [5.41, 5.74) is 3.74. The molecule has 0 aromatic carbocycles. The Morgan fingerprint density at radius 3 is 1.94 bits per heavy atom. The lowest BCUT2D eigenvalue weighted by Crippen LogP contribution is -2.55. The standard InChI is InChI=1S/C14H27N3/c1-2-6-13(5-1)15-17-11-9-16(10-12-17)14-7-3-4-8-14/h13-15H,1-12H2. The van der Waals surface area contributed by atoms with Crippen LogP contribution in [0.5, 0.6) is 0 Å². The van der Waals surface area contributed by atoms with Gasteiger partial charge in [-0.15, -0.1) is 0 Å². The molecule has 1 heterocycles. The Labute approximate surface area is 106 Å². The molecule has 17 heavy (non-hydrogen) atoms. The Bertz CT molecular complexity index is 224. The van der Waals surface area contributed by atoms with Crippen LogP contribution in [0, 0.1) is 0 Å². The quantitative estimate of drug-likeness (QED) is 0.810. The van der Waals surface area contributed by atoms with Crippen LogP contribution in [0.4, 0.5) is 0 Å². The molecule has 0 bridgehead atoms. The molecule has 0 radical (unpaired) electrons. The lowest BCUT2D eigenvalue weighted by atomic mass is 10.2. The van der Waals surface area contributed by atoms with E-state index in [1.54, 1.807) is 0 Å². The Balaban J connectivity index is 1.40. The van der Waals surface area contributed by atoms with E-state index in [0.29, 0.717) is 0 Å². The molecule has 2 saturated carbocycles. The molecule has 3 rings (SSSR count). The summed E-state index contributed by atoms with van der Waals surface area (Å²) in [4.78, 5) is 2.74.